The molecule has 115 valence electrons. The zero-order valence-electron chi connectivity index (χ0n) is 9.66. The van der Waals surface area contributed by atoms with Gasteiger partial charge in [0.2, 0.25) is 0 Å². The molecule has 0 saturated heterocycles. The van der Waals surface area contributed by atoms with Crippen LogP contribution in [0.5, 0.6) is 0 Å². The van der Waals surface area contributed by atoms with E-state index in [2.05, 4.69) is 0 Å². The number of hydrogen-bond acceptors (Lipinski definition) is 6. The Morgan fingerprint density at radius 3 is 1.33 bits per heavy atom. The van der Waals surface area contributed by atoms with Crippen molar-refractivity contribution in [2.24, 2.45) is 0 Å². The summed E-state index contributed by atoms with van der Waals surface area (Å²) in [5, 5.41) is 24.2. The topological polar surface area (TPSA) is 138 Å². The molecule has 0 aliphatic heterocycles. The molecule has 0 heterocycles. The smallest absolute Gasteiger partial charge is 0.540 e. The Balaban J connectivity index is 0.00000400. The fraction of sp³-hybridized carbons (Fsp3) is 0. The summed E-state index contributed by atoms with van der Waals surface area (Å²) >= 11 is 11.3. The van der Waals surface area contributed by atoms with Crippen molar-refractivity contribution in [2.45, 2.75) is 0 Å². The number of carbonyl (C=O) groups is 4. The largest absolute Gasteiger partial charge is 2.00 e. The van der Waals surface area contributed by atoms with Crippen molar-refractivity contribution < 1.29 is 46.5 Å². The molecule has 0 bridgehead atoms. The third kappa shape index (κ3) is 5.24. The molecule has 8 nitrogen and oxygen atoms in total. The minimum absolute atomic E-state index is 0. The van der Waals surface area contributed by atoms with Gasteiger partial charge in [0.25, 0.3) is 11.8 Å². The molecule has 2 N–H and O–H groups in total. The van der Waals surface area contributed by atoms with Crippen molar-refractivity contribution in [1.29, 1.82) is 0 Å². The summed E-state index contributed by atoms with van der Waals surface area (Å²) in [5.41, 5.74) is -0.550. The number of carboxylic acids is 2. The van der Waals surface area contributed by atoms with Gasteiger partial charge in [-0.05, 0) is 12.1 Å². The molecule has 0 unspecified atom stereocenters. The molecule has 11 heteroatoms. The van der Waals surface area contributed by atoms with Crippen molar-refractivity contribution in [1.82, 2.24) is 0 Å². The molecule has 0 saturated carbocycles. The van der Waals surface area contributed by atoms with Crippen LogP contribution in [-0.4, -0.2) is 23.8 Å². The van der Waals surface area contributed by atoms with Crippen LogP contribution in [0.2, 0.25) is 10.0 Å². The fourth-order valence-electron chi connectivity index (χ4n) is 1.10. The first-order valence-electron chi connectivity index (χ1n) is 4.76. The first kappa shape index (κ1) is 19.2. The van der Waals surface area contributed by atoms with Gasteiger partial charge in [0.1, 0.15) is 11.9 Å². The van der Waals surface area contributed by atoms with E-state index in [0.29, 0.717) is 0 Å². The number of hydrogen-bond donors (Lipinski definition) is 2. The van der Waals surface area contributed by atoms with Gasteiger partial charge in [-0.2, -0.15) is 0 Å². The van der Waals surface area contributed by atoms with Gasteiger partial charge < -0.3 is 30.4 Å². The molecule has 0 spiro atoms. The van der Waals surface area contributed by atoms with Gasteiger partial charge in [-0.3, -0.25) is 9.59 Å². The maximum Gasteiger partial charge on any atom is 2.00 e. The number of rotatable bonds is 2. The summed E-state index contributed by atoms with van der Waals surface area (Å²) in [5.74, 6) is -7.11. The average molecular weight is 383 g/mol. The molecular formula is C10H4Cl2CuN2O6. The number of carboxylic acid groups (broad SMARTS) is 2. The molecule has 0 atom stereocenters. The molecule has 0 fully saturated rings. The predicted octanol–water partition coefficient (Wildman–Crippen LogP) is -1.63. The van der Waals surface area contributed by atoms with Crippen LogP contribution >= 0.6 is 23.2 Å². The molecule has 1 rings (SSSR count). The second-order valence-electron chi connectivity index (χ2n) is 3.30. The van der Waals surface area contributed by atoms with Crippen molar-refractivity contribution in [3.05, 3.63) is 22.2 Å². The summed E-state index contributed by atoms with van der Waals surface area (Å²) in [6, 6.07) is 2.05. The third-order valence-corrected chi connectivity index (χ3v) is 2.65. The maximum atomic E-state index is 11.0. The van der Waals surface area contributed by atoms with Gasteiger partial charge in [-0.25, -0.2) is 0 Å². The number of carbonyl (C=O) groups excluding carboxylic acids is 4. The van der Waals surface area contributed by atoms with Gasteiger partial charge >= 0.3 is 17.1 Å². The molecule has 0 aliphatic carbocycles. The van der Waals surface area contributed by atoms with Crippen LogP contribution in [0.1, 0.15) is 0 Å². The van der Waals surface area contributed by atoms with Crippen molar-refractivity contribution in [2.75, 3.05) is 10.6 Å². The van der Waals surface area contributed by atoms with Crippen LogP contribution in [0.4, 0.5) is 11.4 Å². The zero-order chi connectivity index (χ0) is 15.4. The quantitative estimate of drug-likeness (QED) is 0.465. The van der Waals surface area contributed by atoms with E-state index in [1.54, 1.807) is 0 Å². The van der Waals surface area contributed by atoms with Crippen LogP contribution in [0.15, 0.2) is 12.1 Å². The molecule has 2 amide bonds. The maximum absolute atomic E-state index is 11.0. The second-order valence-corrected chi connectivity index (χ2v) is 4.11. The SMILES string of the molecule is O=C([O-])C(=O)Nc1cc(Cl)c(Cl)cc1NC(=O)C(=O)[O-].[Cu+2]. The van der Waals surface area contributed by atoms with E-state index in [0.717, 1.165) is 12.1 Å². The van der Waals surface area contributed by atoms with Crippen molar-refractivity contribution in [3.8, 4) is 0 Å². The first-order chi connectivity index (χ1) is 9.22. The molecule has 1 aromatic rings. The Morgan fingerprint density at radius 1 is 0.810 bits per heavy atom. The van der Waals surface area contributed by atoms with Crippen LogP contribution in [0.25, 0.3) is 0 Å². The van der Waals surface area contributed by atoms with E-state index < -0.39 is 23.8 Å². The van der Waals surface area contributed by atoms with E-state index in [4.69, 9.17) is 23.2 Å². The van der Waals surface area contributed by atoms with Crippen LogP contribution in [-0.2, 0) is 36.2 Å². The monoisotopic (exact) mass is 381 g/mol. The number of nitrogens with one attached hydrogen (secondary N) is 2. The Labute approximate surface area is 137 Å². The Bertz CT molecular complexity index is 569. The summed E-state index contributed by atoms with van der Waals surface area (Å²) < 4.78 is 0. The van der Waals surface area contributed by atoms with E-state index in [1.807, 2.05) is 10.6 Å². The van der Waals surface area contributed by atoms with Crippen LogP contribution < -0.4 is 20.8 Å². The van der Waals surface area contributed by atoms with E-state index in [-0.39, 0.29) is 38.5 Å². The summed E-state index contributed by atoms with van der Waals surface area (Å²) in [6.45, 7) is 0. The Morgan fingerprint density at radius 2 is 1.10 bits per heavy atom. The van der Waals surface area contributed by atoms with Gasteiger partial charge in [-0.15, -0.1) is 0 Å². The minimum atomic E-state index is -2.03. The zero-order valence-corrected chi connectivity index (χ0v) is 12.1. The molecule has 21 heavy (non-hydrogen) atoms. The normalized spacial score (nSPS) is 9.24. The van der Waals surface area contributed by atoms with Crippen LogP contribution in [0, 0.1) is 0 Å². The number of benzene rings is 1. The van der Waals surface area contributed by atoms with E-state index >= 15 is 0 Å². The van der Waals surface area contributed by atoms with Crippen molar-refractivity contribution >= 4 is 58.3 Å². The predicted molar refractivity (Wildman–Crippen MR) is 63.7 cm³/mol. The van der Waals surface area contributed by atoms with Gasteiger partial charge in [0.15, 0.2) is 0 Å². The number of aliphatic carboxylic acids is 2. The fourth-order valence-corrected chi connectivity index (χ4v) is 1.43. The molecule has 0 aliphatic rings. The number of anilines is 2. The summed E-state index contributed by atoms with van der Waals surface area (Å²) in [7, 11) is 0. The minimum Gasteiger partial charge on any atom is -0.540 e. The van der Waals surface area contributed by atoms with E-state index in [1.165, 1.54) is 0 Å². The van der Waals surface area contributed by atoms with Gasteiger partial charge in [-0.1, -0.05) is 23.2 Å². The summed E-state index contributed by atoms with van der Waals surface area (Å²) in [6.07, 6.45) is 0. The molecule has 0 aromatic heterocycles. The Kier molecular flexibility index (Phi) is 7.17. The number of halogens is 2. The van der Waals surface area contributed by atoms with Gasteiger partial charge in [0.05, 0.1) is 21.4 Å². The standard InChI is InChI=1S/C10H6Cl2N2O6.Cu/c11-3-1-5(13-7(15)9(17)18)6(2-4(3)12)14-8(16)10(19)20;/h1-2H,(H,13,15)(H,14,16)(H,17,18)(H,19,20);/q;+2/p-2. The molecule has 1 aromatic carbocycles. The van der Waals surface area contributed by atoms with Gasteiger partial charge in [0, 0.05) is 0 Å². The second kappa shape index (κ2) is 7.84. The Hall–Kier alpha value is -1.80. The molecule has 1 radical (unpaired) electrons. The summed E-state index contributed by atoms with van der Waals surface area (Å²) in [4.78, 5) is 42.6. The average Bonchev–Trinajstić information content (AvgIpc) is 2.34. The first-order valence-corrected chi connectivity index (χ1v) is 5.51. The van der Waals surface area contributed by atoms with Crippen LogP contribution in [0.3, 0.4) is 0 Å². The third-order valence-electron chi connectivity index (χ3n) is 1.93. The van der Waals surface area contributed by atoms with E-state index in [9.17, 15) is 29.4 Å². The number of amides is 2. The molecular weight excluding hydrogens is 379 g/mol. The van der Waals surface area contributed by atoms with Crippen molar-refractivity contribution in [3.63, 3.8) is 0 Å².